The quantitative estimate of drug-likeness (QED) is 0.557. The molecule has 6 heteroatoms. The zero-order valence-electron chi connectivity index (χ0n) is 12.5. The molecule has 0 unspecified atom stereocenters. The van der Waals surface area contributed by atoms with Crippen LogP contribution in [0, 0.1) is 23.7 Å². The topological polar surface area (TPSA) is 86.7 Å². The molecule has 0 aromatic heterocycles. The number of allylic oxidation sites excluding steroid dienone is 2. The highest BCUT2D eigenvalue weighted by atomic mass is 16.4. The molecular weight excluding hydrogens is 284 g/mol. The van der Waals surface area contributed by atoms with Crippen LogP contribution in [0.25, 0.3) is 0 Å². The molecule has 22 heavy (non-hydrogen) atoms. The fraction of sp³-hybridized carbons (Fsp3) is 0.688. The van der Waals surface area contributed by atoms with Gasteiger partial charge in [0.1, 0.15) is 0 Å². The number of amides is 2. The minimum atomic E-state index is -0.875. The molecule has 3 aliphatic rings. The predicted octanol–water partition coefficient (Wildman–Crippen LogP) is 0.638. The Morgan fingerprint density at radius 2 is 2.00 bits per heavy atom. The van der Waals surface area contributed by atoms with Gasteiger partial charge in [-0.1, -0.05) is 12.2 Å². The molecule has 6 nitrogen and oxygen atoms in total. The van der Waals surface area contributed by atoms with E-state index in [0.29, 0.717) is 25.9 Å². The van der Waals surface area contributed by atoms with Gasteiger partial charge in [-0.2, -0.15) is 0 Å². The Hall–Kier alpha value is -1.85. The molecule has 0 radical (unpaired) electrons. The number of nitrogens with zero attached hydrogens (tertiary/aromatic N) is 1. The van der Waals surface area contributed by atoms with Gasteiger partial charge in [0, 0.05) is 26.1 Å². The first kappa shape index (κ1) is 15.1. The number of hydrogen-bond acceptors (Lipinski definition) is 3. The van der Waals surface area contributed by atoms with Crippen LogP contribution >= 0.6 is 0 Å². The number of carbonyl (C=O) groups is 3. The summed E-state index contributed by atoms with van der Waals surface area (Å²) in [6.07, 6.45) is 6.96. The van der Waals surface area contributed by atoms with E-state index in [9.17, 15) is 19.5 Å². The molecule has 3 rings (SSSR count). The smallest absolute Gasteiger partial charge is 0.307 e. The molecule has 120 valence electrons. The molecule has 4 atom stereocenters. The molecule has 2 bridgehead atoms. The van der Waals surface area contributed by atoms with Gasteiger partial charge in [-0.3, -0.25) is 14.4 Å². The summed E-state index contributed by atoms with van der Waals surface area (Å²) in [5.41, 5.74) is 0. The number of nitrogens with one attached hydrogen (secondary N) is 1. The maximum Gasteiger partial charge on any atom is 0.307 e. The Kier molecular flexibility index (Phi) is 4.18. The van der Waals surface area contributed by atoms with Crippen LogP contribution in [0.1, 0.15) is 25.7 Å². The van der Waals surface area contributed by atoms with E-state index in [1.165, 1.54) is 0 Å². The monoisotopic (exact) mass is 306 g/mol. The Balaban J connectivity index is 1.46. The fourth-order valence-corrected chi connectivity index (χ4v) is 4.06. The minimum Gasteiger partial charge on any atom is -0.481 e. The number of likely N-dealkylation sites (tertiary alicyclic amines) is 1. The number of carboxylic acids is 1. The van der Waals surface area contributed by atoms with Gasteiger partial charge in [-0.15, -0.1) is 0 Å². The number of carbonyl (C=O) groups excluding carboxylic acids is 2. The zero-order chi connectivity index (χ0) is 15.7. The average Bonchev–Trinajstić information content (AvgIpc) is 3.18. The molecular formula is C16H22N2O4. The van der Waals surface area contributed by atoms with Gasteiger partial charge in [0.25, 0.3) is 0 Å². The van der Waals surface area contributed by atoms with E-state index < -0.39 is 17.8 Å². The van der Waals surface area contributed by atoms with E-state index in [-0.39, 0.29) is 23.7 Å². The van der Waals surface area contributed by atoms with Crippen molar-refractivity contribution in [2.75, 3.05) is 19.6 Å². The van der Waals surface area contributed by atoms with E-state index in [2.05, 4.69) is 5.32 Å². The van der Waals surface area contributed by atoms with E-state index in [4.69, 9.17) is 0 Å². The number of hydrogen-bond donors (Lipinski definition) is 2. The van der Waals surface area contributed by atoms with Crippen molar-refractivity contribution in [3.05, 3.63) is 12.2 Å². The van der Waals surface area contributed by atoms with Crippen molar-refractivity contribution < 1.29 is 19.5 Å². The molecule has 2 aliphatic carbocycles. The van der Waals surface area contributed by atoms with Gasteiger partial charge in [0.05, 0.1) is 11.8 Å². The first-order valence-corrected chi connectivity index (χ1v) is 8.04. The van der Waals surface area contributed by atoms with Crippen molar-refractivity contribution >= 4 is 17.8 Å². The van der Waals surface area contributed by atoms with Gasteiger partial charge in [-0.25, -0.2) is 0 Å². The number of aliphatic carboxylic acids is 1. The van der Waals surface area contributed by atoms with Crippen molar-refractivity contribution in [2.45, 2.75) is 25.7 Å². The van der Waals surface area contributed by atoms with E-state index in [1.807, 2.05) is 17.1 Å². The highest BCUT2D eigenvalue weighted by Crippen LogP contribution is 2.48. The summed E-state index contributed by atoms with van der Waals surface area (Å²) in [6, 6.07) is 0. The largest absolute Gasteiger partial charge is 0.481 e. The Labute approximate surface area is 129 Å². The Bertz CT molecular complexity index is 516. The molecule has 2 N–H and O–H groups in total. The maximum atomic E-state index is 12.3. The fourth-order valence-electron chi connectivity index (χ4n) is 4.06. The third-order valence-corrected chi connectivity index (χ3v) is 5.12. The predicted molar refractivity (Wildman–Crippen MR) is 78.8 cm³/mol. The molecule has 0 aromatic rings. The van der Waals surface area contributed by atoms with Gasteiger partial charge >= 0.3 is 5.97 Å². The Morgan fingerprint density at radius 1 is 1.27 bits per heavy atom. The minimum absolute atomic E-state index is 0.000437. The first-order valence-electron chi connectivity index (χ1n) is 8.04. The molecule has 1 aliphatic heterocycles. The first-order chi connectivity index (χ1) is 10.6. The van der Waals surface area contributed by atoms with Crippen LogP contribution < -0.4 is 5.32 Å². The molecule has 1 saturated heterocycles. The van der Waals surface area contributed by atoms with Crippen molar-refractivity contribution in [3.63, 3.8) is 0 Å². The van der Waals surface area contributed by atoms with Crippen molar-refractivity contribution in [2.24, 2.45) is 23.7 Å². The number of rotatable bonds is 6. The van der Waals surface area contributed by atoms with E-state index >= 15 is 0 Å². The molecule has 1 heterocycles. The lowest BCUT2D eigenvalue weighted by atomic mass is 9.82. The summed E-state index contributed by atoms with van der Waals surface area (Å²) in [7, 11) is 0. The van der Waals surface area contributed by atoms with Gasteiger partial charge < -0.3 is 15.3 Å². The van der Waals surface area contributed by atoms with E-state index in [1.54, 1.807) is 0 Å². The van der Waals surface area contributed by atoms with Crippen LogP contribution in [0.5, 0.6) is 0 Å². The van der Waals surface area contributed by atoms with Gasteiger partial charge in [0.15, 0.2) is 0 Å². The second kappa shape index (κ2) is 6.10. The average molecular weight is 306 g/mol. The standard InChI is InChI=1S/C16H22N2O4/c19-12-3-1-7-18(12)8-2-6-17-15(20)13-10-4-5-11(9-10)14(13)16(21)22/h4-5,10-11,13-14H,1-3,6-9H2,(H,17,20)(H,21,22)/t10-,11-,13+,14-/m0/s1. The molecule has 2 amide bonds. The molecule has 1 saturated carbocycles. The SMILES string of the molecule is O=C(O)[C@@H]1[C@H](C(=O)NCCCN2CCCC2=O)[C@H]2C=C[C@H]1C2. The van der Waals surface area contributed by atoms with Crippen LogP contribution in [-0.4, -0.2) is 47.4 Å². The summed E-state index contributed by atoms with van der Waals surface area (Å²) in [5, 5.41) is 12.2. The number of carboxylic acid groups (broad SMARTS) is 1. The summed E-state index contributed by atoms with van der Waals surface area (Å²) in [6.45, 7) is 1.97. The lowest BCUT2D eigenvalue weighted by Gasteiger charge is -2.24. The van der Waals surface area contributed by atoms with Crippen LogP contribution in [0.4, 0.5) is 0 Å². The zero-order valence-corrected chi connectivity index (χ0v) is 12.5. The van der Waals surface area contributed by atoms with Crippen molar-refractivity contribution in [1.29, 1.82) is 0 Å². The summed E-state index contributed by atoms with van der Waals surface area (Å²) >= 11 is 0. The van der Waals surface area contributed by atoms with E-state index in [0.717, 1.165) is 19.4 Å². The van der Waals surface area contributed by atoms with Crippen molar-refractivity contribution in [1.82, 2.24) is 10.2 Å². The lowest BCUT2D eigenvalue weighted by Crippen LogP contribution is -2.41. The van der Waals surface area contributed by atoms with Crippen LogP contribution in [0.3, 0.4) is 0 Å². The van der Waals surface area contributed by atoms with Gasteiger partial charge in [-0.05, 0) is 31.1 Å². The van der Waals surface area contributed by atoms with Gasteiger partial charge in [0.2, 0.25) is 11.8 Å². The van der Waals surface area contributed by atoms with Crippen LogP contribution in [0.2, 0.25) is 0 Å². The maximum absolute atomic E-state index is 12.3. The third kappa shape index (κ3) is 2.74. The highest BCUT2D eigenvalue weighted by molar-refractivity contribution is 5.86. The third-order valence-electron chi connectivity index (χ3n) is 5.12. The highest BCUT2D eigenvalue weighted by Gasteiger charge is 2.51. The second-order valence-electron chi connectivity index (χ2n) is 6.47. The second-order valence-corrected chi connectivity index (χ2v) is 6.47. The number of fused-ring (bicyclic) bond motifs is 2. The normalized spacial score (nSPS) is 32.7. The lowest BCUT2D eigenvalue weighted by molar-refractivity contribution is -0.147. The summed E-state index contributed by atoms with van der Waals surface area (Å²) in [5.74, 6) is -1.81. The molecule has 0 spiro atoms. The molecule has 0 aromatic carbocycles. The van der Waals surface area contributed by atoms with Crippen LogP contribution in [0.15, 0.2) is 12.2 Å². The Morgan fingerprint density at radius 3 is 2.64 bits per heavy atom. The molecule has 2 fully saturated rings. The summed E-state index contributed by atoms with van der Waals surface area (Å²) < 4.78 is 0. The van der Waals surface area contributed by atoms with Crippen molar-refractivity contribution in [3.8, 4) is 0 Å². The van der Waals surface area contributed by atoms with Crippen LogP contribution in [-0.2, 0) is 14.4 Å². The summed E-state index contributed by atoms with van der Waals surface area (Å²) in [4.78, 5) is 37.0.